The van der Waals surface area contributed by atoms with Gasteiger partial charge in [0.15, 0.2) is 0 Å². The van der Waals surface area contributed by atoms with Crippen molar-refractivity contribution in [2.45, 2.75) is 20.3 Å². The average Bonchev–Trinajstić information content (AvgIpc) is 2.36. The highest BCUT2D eigenvalue weighted by Gasteiger charge is 2.23. The highest BCUT2D eigenvalue weighted by atomic mass is 16.2. The summed E-state index contributed by atoms with van der Waals surface area (Å²) < 4.78 is 0. The van der Waals surface area contributed by atoms with Gasteiger partial charge in [-0.2, -0.15) is 0 Å². The average molecular weight is 243 g/mol. The van der Waals surface area contributed by atoms with Gasteiger partial charge in [0.2, 0.25) is 5.91 Å². The molecule has 1 heterocycles. The van der Waals surface area contributed by atoms with Gasteiger partial charge < -0.3 is 4.90 Å². The number of likely N-dealkylation sites (tertiary alicyclic amines) is 1. The molecule has 1 amide bonds. The number of piperidine rings is 1. The number of amides is 1. The quantitative estimate of drug-likeness (QED) is 0.730. The summed E-state index contributed by atoms with van der Waals surface area (Å²) >= 11 is 0. The summed E-state index contributed by atoms with van der Waals surface area (Å²) in [4.78, 5) is 14.1. The van der Waals surface area contributed by atoms with Gasteiger partial charge in [-0.3, -0.25) is 4.79 Å². The lowest BCUT2D eigenvalue weighted by Gasteiger charge is -2.34. The van der Waals surface area contributed by atoms with E-state index in [1.54, 1.807) is 6.08 Å². The normalized spacial score (nSPS) is 24.4. The zero-order valence-electron chi connectivity index (χ0n) is 11.2. The largest absolute Gasteiger partial charge is 0.339 e. The van der Waals surface area contributed by atoms with Gasteiger partial charge in [0, 0.05) is 19.2 Å². The summed E-state index contributed by atoms with van der Waals surface area (Å²) in [6, 6.07) is 9.95. The van der Waals surface area contributed by atoms with Crippen LogP contribution in [0.15, 0.2) is 36.4 Å². The highest BCUT2D eigenvalue weighted by Crippen LogP contribution is 2.21. The summed E-state index contributed by atoms with van der Waals surface area (Å²) in [6.07, 6.45) is 4.82. The third-order valence-electron chi connectivity index (χ3n) is 3.40. The van der Waals surface area contributed by atoms with Crippen LogP contribution in [0.1, 0.15) is 25.8 Å². The minimum absolute atomic E-state index is 0.136. The van der Waals surface area contributed by atoms with Gasteiger partial charge in [-0.15, -0.1) is 0 Å². The summed E-state index contributed by atoms with van der Waals surface area (Å²) in [7, 11) is 0. The van der Waals surface area contributed by atoms with Crippen LogP contribution in [0.25, 0.3) is 6.08 Å². The van der Waals surface area contributed by atoms with E-state index in [0.29, 0.717) is 11.8 Å². The summed E-state index contributed by atoms with van der Waals surface area (Å²) in [6.45, 7) is 6.22. The Labute approximate surface area is 109 Å². The molecule has 0 aromatic heterocycles. The molecule has 1 aromatic carbocycles. The van der Waals surface area contributed by atoms with Gasteiger partial charge in [-0.1, -0.05) is 44.2 Å². The van der Waals surface area contributed by atoms with Crippen molar-refractivity contribution in [1.82, 2.24) is 4.90 Å². The fourth-order valence-corrected chi connectivity index (χ4v) is 2.68. The van der Waals surface area contributed by atoms with Crippen molar-refractivity contribution in [2.75, 3.05) is 13.1 Å². The molecule has 1 aliphatic heterocycles. The van der Waals surface area contributed by atoms with E-state index in [0.717, 1.165) is 18.7 Å². The maximum Gasteiger partial charge on any atom is 0.246 e. The maximum atomic E-state index is 12.1. The van der Waals surface area contributed by atoms with Crippen molar-refractivity contribution in [3.05, 3.63) is 42.0 Å². The molecule has 2 rings (SSSR count). The first kappa shape index (κ1) is 12.9. The number of hydrogen-bond acceptors (Lipinski definition) is 1. The lowest BCUT2D eigenvalue weighted by Crippen LogP contribution is -2.41. The Morgan fingerprint density at radius 3 is 2.39 bits per heavy atom. The Morgan fingerprint density at radius 1 is 1.17 bits per heavy atom. The molecule has 2 atom stereocenters. The first-order valence-electron chi connectivity index (χ1n) is 6.67. The van der Waals surface area contributed by atoms with Gasteiger partial charge in [0.1, 0.15) is 0 Å². The molecule has 0 spiro atoms. The third-order valence-corrected chi connectivity index (χ3v) is 3.40. The minimum Gasteiger partial charge on any atom is -0.339 e. The second-order valence-corrected chi connectivity index (χ2v) is 5.43. The number of benzene rings is 1. The van der Waals surface area contributed by atoms with Gasteiger partial charge in [0.05, 0.1) is 0 Å². The van der Waals surface area contributed by atoms with Gasteiger partial charge in [-0.05, 0) is 29.9 Å². The summed E-state index contributed by atoms with van der Waals surface area (Å²) in [5.41, 5.74) is 1.07. The number of rotatable bonds is 2. The molecule has 1 aromatic rings. The van der Waals surface area contributed by atoms with E-state index in [-0.39, 0.29) is 5.91 Å². The van der Waals surface area contributed by atoms with E-state index >= 15 is 0 Å². The zero-order valence-corrected chi connectivity index (χ0v) is 11.2. The number of carbonyl (C=O) groups excluding carboxylic acids is 1. The maximum absolute atomic E-state index is 12.1. The Hall–Kier alpha value is -1.57. The molecule has 2 heteroatoms. The van der Waals surface area contributed by atoms with Crippen molar-refractivity contribution in [3.8, 4) is 0 Å². The van der Waals surface area contributed by atoms with Crippen LogP contribution < -0.4 is 0 Å². The van der Waals surface area contributed by atoms with Crippen LogP contribution in [0, 0.1) is 11.8 Å². The van der Waals surface area contributed by atoms with Crippen molar-refractivity contribution in [2.24, 2.45) is 11.8 Å². The SMILES string of the molecule is C[C@@H]1C[C@@H](C)CN(C(=O)/C=C/c2ccccc2)C1. The predicted octanol–water partition coefficient (Wildman–Crippen LogP) is 3.20. The Morgan fingerprint density at radius 2 is 1.78 bits per heavy atom. The summed E-state index contributed by atoms with van der Waals surface area (Å²) in [5, 5.41) is 0. The van der Waals surface area contributed by atoms with Crippen LogP contribution in [0.2, 0.25) is 0 Å². The molecular formula is C16H21NO. The number of nitrogens with zero attached hydrogens (tertiary/aromatic N) is 1. The number of carbonyl (C=O) groups is 1. The van der Waals surface area contributed by atoms with Gasteiger partial charge in [-0.25, -0.2) is 0 Å². The zero-order chi connectivity index (χ0) is 13.0. The molecule has 2 nitrogen and oxygen atoms in total. The molecule has 1 saturated heterocycles. The van der Waals surface area contributed by atoms with Gasteiger partial charge in [0.25, 0.3) is 0 Å². The molecule has 0 unspecified atom stereocenters. The molecule has 96 valence electrons. The molecule has 0 bridgehead atoms. The second kappa shape index (κ2) is 5.85. The van der Waals surface area contributed by atoms with Crippen molar-refractivity contribution < 1.29 is 4.79 Å². The summed E-state index contributed by atoms with van der Waals surface area (Å²) in [5.74, 6) is 1.36. The van der Waals surface area contributed by atoms with Crippen molar-refractivity contribution in [1.29, 1.82) is 0 Å². The highest BCUT2D eigenvalue weighted by molar-refractivity contribution is 5.91. The monoisotopic (exact) mass is 243 g/mol. The molecule has 0 N–H and O–H groups in total. The van der Waals surface area contributed by atoms with Crippen LogP contribution in [0.3, 0.4) is 0 Å². The van der Waals surface area contributed by atoms with Crippen LogP contribution in [-0.2, 0) is 4.79 Å². The lowest BCUT2D eigenvalue weighted by atomic mass is 9.92. The fraction of sp³-hybridized carbons (Fsp3) is 0.438. The molecule has 18 heavy (non-hydrogen) atoms. The van der Waals surface area contributed by atoms with E-state index in [4.69, 9.17) is 0 Å². The molecular weight excluding hydrogens is 222 g/mol. The van der Waals surface area contributed by atoms with Crippen LogP contribution in [0.4, 0.5) is 0 Å². The van der Waals surface area contributed by atoms with E-state index in [9.17, 15) is 4.79 Å². The molecule has 0 saturated carbocycles. The topological polar surface area (TPSA) is 20.3 Å². The van der Waals surface area contributed by atoms with E-state index < -0.39 is 0 Å². The van der Waals surface area contributed by atoms with Gasteiger partial charge >= 0.3 is 0 Å². The first-order chi connectivity index (χ1) is 8.65. The molecule has 1 aliphatic rings. The molecule has 0 radical (unpaired) electrons. The second-order valence-electron chi connectivity index (χ2n) is 5.43. The molecule has 1 fully saturated rings. The number of hydrogen-bond donors (Lipinski definition) is 0. The predicted molar refractivity (Wildman–Crippen MR) is 75.0 cm³/mol. The van der Waals surface area contributed by atoms with Crippen molar-refractivity contribution in [3.63, 3.8) is 0 Å². The van der Waals surface area contributed by atoms with E-state index in [2.05, 4.69) is 13.8 Å². The Balaban J connectivity index is 1.97. The van der Waals surface area contributed by atoms with E-state index in [1.165, 1.54) is 6.42 Å². The fourth-order valence-electron chi connectivity index (χ4n) is 2.68. The standard InChI is InChI=1S/C16H21NO/c1-13-10-14(2)12-17(11-13)16(18)9-8-15-6-4-3-5-7-15/h3-9,13-14H,10-12H2,1-2H3/b9-8+/t13-,14-/m1/s1. The van der Waals surface area contributed by atoms with Crippen LogP contribution >= 0.6 is 0 Å². The van der Waals surface area contributed by atoms with Crippen molar-refractivity contribution >= 4 is 12.0 Å². The smallest absolute Gasteiger partial charge is 0.246 e. The van der Waals surface area contributed by atoms with E-state index in [1.807, 2.05) is 41.3 Å². The Kier molecular flexibility index (Phi) is 4.19. The van der Waals surface area contributed by atoms with Crippen LogP contribution in [0.5, 0.6) is 0 Å². The Bertz CT molecular complexity index is 414. The third kappa shape index (κ3) is 3.46. The molecule has 0 aliphatic carbocycles. The first-order valence-corrected chi connectivity index (χ1v) is 6.67. The minimum atomic E-state index is 0.136. The lowest BCUT2D eigenvalue weighted by molar-refractivity contribution is -0.128. The van der Waals surface area contributed by atoms with Crippen LogP contribution in [-0.4, -0.2) is 23.9 Å².